The third-order valence-corrected chi connectivity index (χ3v) is 5.32. The summed E-state index contributed by atoms with van der Waals surface area (Å²) in [6.07, 6.45) is 8.45. The van der Waals surface area contributed by atoms with Crippen molar-refractivity contribution in [3.63, 3.8) is 0 Å². The van der Waals surface area contributed by atoms with Gasteiger partial charge in [0.15, 0.2) is 0 Å². The third kappa shape index (κ3) is 6.69. The molecule has 2 rings (SSSR count). The Balaban J connectivity index is 2.14. The summed E-state index contributed by atoms with van der Waals surface area (Å²) in [4.78, 5) is 17.5. The van der Waals surface area contributed by atoms with Gasteiger partial charge in [-0.1, -0.05) is 54.5 Å². The van der Waals surface area contributed by atoms with Crippen LogP contribution in [0.15, 0.2) is 42.0 Å². The molecule has 1 aromatic carbocycles. The van der Waals surface area contributed by atoms with E-state index in [1.807, 2.05) is 11.0 Å². The molecule has 0 N–H and O–H groups in total. The quantitative estimate of drug-likeness (QED) is 0.519. The summed E-state index contributed by atoms with van der Waals surface area (Å²) < 4.78 is 0. The predicted octanol–water partition coefficient (Wildman–Crippen LogP) is 3.53. The molecule has 0 bridgehead atoms. The fraction of sp³-hybridized carbons (Fsp3) is 0.522. The van der Waals surface area contributed by atoms with E-state index in [4.69, 9.17) is 0 Å². The number of carbonyl (C=O) groups excluding carboxylic acids is 1. The van der Waals surface area contributed by atoms with Crippen LogP contribution in [-0.2, 0) is 11.3 Å². The molecule has 2 unspecified atom stereocenters. The second-order valence-corrected chi connectivity index (χ2v) is 8.43. The van der Waals surface area contributed by atoms with Gasteiger partial charge in [-0.15, -0.1) is 0 Å². The van der Waals surface area contributed by atoms with E-state index in [0.717, 1.165) is 31.5 Å². The highest BCUT2D eigenvalue weighted by molar-refractivity contribution is 6.13. The lowest BCUT2D eigenvalue weighted by Gasteiger charge is -2.26. The summed E-state index contributed by atoms with van der Waals surface area (Å²) in [6.45, 7) is 8.97. The molecular weight excluding hydrogens is 331 g/mol. The van der Waals surface area contributed by atoms with Gasteiger partial charge in [0.25, 0.3) is 5.91 Å². The zero-order valence-electron chi connectivity index (χ0n) is 18.0. The van der Waals surface area contributed by atoms with Gasteiger partial charge in [-0.2, -0.15) is 0 Å². The van der Waals surface area contributed by atoms with E-state index in [0.29, 0.717) is 18.3 Å². The van der Waals surface area contributed by atoms with E-state index in [9.17, 15) is 4.79 Å². The molecule has 27 heavy (non-hydrogen) atoms. The highest BCUT2D eigenvalue weighted by atomic mass is 16.2. The summed E-state index contributed by atoms with van der Waals surface area (Å²) in [6, 6.07) is 6.58. The molecule has 0 radical (unpaired) electrons. The highest BCUT2D eigenvalue weighted by Gasteiger charge is 2.21. The fourth-order valence-corrected chi connectivity index (χ4v) is 3.61. The monoisotopic (exact) mass is 366 g/mol. The zero-order chi connectivity index (χ0) is 20.0. The van der Waals surface area contributed by atoms with Gasteiger partial charge < -0.3 is 9.80 Å². The maximum absolute atomic E-state index is 13.2. The molecule has 4 heteroatoms. The van der Waals surface area contributed by atoms with E-state index < -0.39 is 0 Å². The van der Waals surface area contributed by atoms with Crippen LogP contribution in [0, 0.1) is 19.8 Å². The number of benzene rings is 1. The largest absolute Gasteiger partial charge is 0.334 e. The molecule has 1 aliphatic carbocycles. The van der Waals surface area contributed by atoms with Crippen LogP contribution >= 0.6 is 0 Å². The molecule has 0 saturated heterocycles. The topological polar surface area (TPSA) is 23.6 Å². The van der Waals surface area contributed by atoms with Gasteiger partial charge in [-0.05, 0) is 64.6 Å². The lowest BCUT2D eigenvalue weighted by Crippen LogP contribution is -2.33. The Morgan fingerprint density at radius 1 is 1.07 bits per heavy atom. The Morgan fingerprint density at radius 3 is 2.30 bits per heavy atom. The molecule has 1 amide bonds. The standard InChI is InChI=1S/C23H35BN2O/c1-17-12-18(2)14-20(13-17)16-26(11-7-6-10-25(4)5)23(27)21-8-9-22(24)19(3)15-21/h8-9,12-15,19,22H,6-7,10-11,16,24H2,1-5H3. The van der Waals surface area contributed by atoms with Gasteiger partial charge >= 0.3 is 0 Å². The summed E-state index contributed by atoms with van der Waals surface area (Å²) in [5, 5.41) is 0. The number of rotatable bonds is 8. The number of hydrogen-bond donors (Lipinski definition) is 0. The maximum Gasteiger partial charge on any atom is 0.253 e. The zero-order valence-corrected chi connectivity index (χ0v) is 18.0. The predicted molar refractivity (Wildman–Crippen MR) is 118 cm³/mol. The van der Waals surface area contributed by atoms with Crippen molar-refractivity contribution in [2.24, 2.45) is 5.92 Å². The smallest absolute Gasteiger partial charge is 0.253 e. The highest BCUT2D eigenvalue weighted by Crippen LogP contribution is 2.26. The Labute approximate surface area is 166 Å². The van der Waals surface area contributed by atoms with Crippen LogP contribution in [0.1, 0.15) is 36.5 Å². The minimum Gasteiger partial charge on any atom is -0.334 e. The van der Waals surface area contributed by atoms with Crippen molar-refractivity contribution < 1.29 is 4.79 Å². The second-order valence-electron chi connectivity index (χ2n) is 8.43. The van der Waals surface area contributed by atoms with Crippen molar-refractivity contribution >= 4 is 13.8 Å². The van der Waals surface area contributed by atoms with E-state index in [2.05, 4.69) is 78.0 Å². The summed E-state index contributed by atoms with van der Waals surface area (Å²) in [7, 11) is 6.39. The van der Waals surface area contributed by atoms with Crippen LogP contribution in [0.3, 0.4) is 0 Å². The number of amides is 1. The second kappa shape index (κ2) is 9.94. The van der Waals surface area contributed by atoms with Crippen molar-refractivity contribution in [1.82, 2.24) is 9.80 Å². The van der Waals surface area contributed by atoms with Gasteiger partial charge in [0.05, 0.1) is 0 Å². The molecule has 1 aromatic rings. The van der Waals surface area contributed by atoms with Gasteiger partial charge in [0.2, 0.25) is 0 Å². The lowest BCUT2D eigenvalue weighted by molar-refractivity contribution is -0.127. The SMILES string of the molecule is BC1C=CC(C(=O)N(CCCCN(C)C)Cc2cc(C)cc(C)c2)=CC1C. The van der Waals surface area contributed by atoms with Crippen molar-refractivity contribution in [2.75, 3.05) is 27.2 Å². The van der Waals surface area contributed by atoms with Crippen LogP contribution < -0.4 is 0 Å². The van der Waals surface area contributed by atoms with Crippen molar-refractivity contribution in [3.8, 4) is 0 Å². The Kier molecular flexibility index (Phi) is 7.91. The summed E-state index contributed by atoms with van der Waals surface area (Å²) >= 11 is 0. The maximum atomic E-state index is 13.2. The number of carbonyl (C=O) groups is 1. The average Bonchev–Trinajstić information content (AvgIpc) is 2.58. The minimum atomic E-state index is 0.161. The number of allylic oxidation sites excluding steroid dienone is 2. The average molecular weight is 366 g/mol. The van der Waals surface area contributed by atoms with E-state index >= 15 is 0 Å². The molecule has 0 aliphatic heterocycles. The first-order chi connectivity index (χ1) is 12.8. The first-order valence-electron chi connectivity index (χ1n) is 10.2. The molecule has 1 aliphatic rings. The van der Waals surface area contributed by atoms with Crippen molar-refractivity contribution in [1.29, 1.82) is 0 Å². The summed E-state index contributed by atoms with van der Waals surface area (Å²) in [5.74, 6) is 1.06. The minimum absolute atomic E-state index is 0.161. The van der Waals surface area contributed by atoms with Gasteiger partial charge in [-0.3, -0.25) is 4.79 Å². The van der Waals surface area contributed by atoms with Gasteiger partial charge in [0.1, 0.15) is 7.85 Å². The van der Waals surface area contributed by atoms with Crippen LogP contribution in [0.4, 0.5) is 0 Å². The molecular formula is C23H35BN2O. The Hall–Kier alpha value is -1.81. The van der Waals surface area contributed by atoms with Gasteiger partial charge in [0, 0.05) is 18.7 Å². The van der Waals surface area contributed by atoms with Crippen LogP contribution in [0.25, 0.3) is 0 Å². The fourth-order valence-electron chi connectivity index (χ4n) is 3.61. The van der Waals surface area contributed by atoms with E-state index in [-0.39, 0.29) is 5.91 Å². The molecule has 3 nitrogen and oxygen atoms in total. The lowest BCUT2D eigenvalue weighted by atomic mass is 9.74. The molecule has 146 valence electrons. The van der Waals surface area contributed by atoms with E-state index in [1.54, 1.807) is 0 Å². The first-order valence-corrected chi connectivity index (χ1v) is 10.2. The molecule has 0 fully saturated rings. The van der Waals surface area contributed by atoms with Crippen LogP contribution in [0.5, 0.6) is 0 Å². The van der Waals surface area contributed by atoms with Gasteiger partial charge in [-0.25, -0.2) is 0 Å². The molecule has 0 spiro atoms. The third-order valence-electron chi connectivity index (χ3n) is 5.32. The molecule has 0 saturated carbocycles. The normalized spacial score (nSPS) is 19.3. The number of aryl methyl sites for hydroxylation is 2. The number of hydrogen-bond acceptors (Lipinski definition) is 2. The Morgan fingerprint density at radius 2 is 1.70 bits per heavy atom. The van der Waals surface area contributed by atoms with Crippen molar-refractivity contribution in [2.45, 2.75) is 46.0 Å². The number of nitrogens with zero attached hydrogens (tertiary/aromatic N) is 2. The van der Waals surface area contributed by atoms with Crippen LogP contribution in [-0.4, -0.2) is 50.7 Å². The van der Waals surface area contributed by atoms with E-state index in [1.165, 1.54) is 16.7 Å². The molecule has 0 heterocycles. The summed E-state index contributed by atoms with van der Waals surface area (Å²) in [5.41, 5.74) is 4.57. The van der Waals surface area contributed by atoms with Crippen molar-refractivity contribution in [3.05, 3.63) is 58.7 Å². The molecule has 0 aromatic heterocycles. The molecule has 2 atom stereocenters. The van der Waals surface area contributed by atoms with Crippen LogP contribution in [0.2, 0.25) is 5.82 Å². The first kappa shape index (κ1) is 21.5. The number of unbranched alkanes of at least 4 members (excludes halogenated alkanes) is 1. The Bertz CT molecular complexity index is 688.